The number of carboxylic acids is 1. The summed E-state index contributed by atoms with van der Waals surface area (Å²) in [6.07, 6.45) is 5.26. The van der Waals surface area contributed by atoms with Gasteiger partial charge in [-0.1, -0.05) is 12.8 Å². The van der Waals surface area contributed by atoms with Crippen LogP contribution in [0.5, 0.6) is 0 Å². The summed E-state index contributed by atoms with van der Waals surface area (Å²) in [6.45, 7) is 2.42. The Kier molecular flexibility index (Phi) is 5.46. The van der Waals surface area contributed by atoms with Gasteiger partial charge in [-0.05, 0) is 31.9 Å². The quantitative estimate of drug-likeness (QED) is 0.725. The maximum absolute atomic E-state index is 12.1. The van der Waals surface area contributed by atoms with Gasteiger partial charge in [0.2, 0.25) is 0 Å². The number of aryl methyl sites for hydroxylation is 1. The molecule has 0 aromatic carbocycles. The molecule has 1 amide bonds. The van der Waals surface area contributed by atoms with E-state index in [1.807, 2.05) is 6.92 Å². The third-order valence-electron chi connectivity index (χ3n) is 3.44. The number of hydrogen-bond donors (Lipinski definition) is 2. The minimum absolute atomic E-state index is 0.125. The smallest absolute Gasteiger partial charge is 0.303 e. The molecule has 2 aromatic rings. The minimum atomic E-state index is -0.757. The van der Waals surface area contributed by atoms with Crippen LogP contribution in [0.1, 0.15) is 48.3 Å². The van der Waals surface area contributed by atoms with Crippen LogP contribution in [0.15, 0.2) is 18.3 Å². The zero-order chi connectivity index (χ0) is 15.9. The van der Waals surface area contributed by atoms with Crippen LogP contribution in [0.4, 0.5) is 0 Å². The van der Waals surface area contributed by atoms with Crippen molar-refractivity contribution in [1.29, 1.82) is 0 Å². The number of carbonyl (C=O) groups is 2. The van der Waals surface area contributed by atoms with Crippen LogP contribution in [0.2, 0.25) is 0 Å². The molecule has 0 spiro atoms. The Balaban J connectivity index is 1.74. The molecule has 0 saturated heterocycles. The summed E-state index contributed by atoms with van der Waals surface area (Å²) in [7, 11) is 0. The highest BCUT2D eigenvalue weighted by Crippen LogP contribution is 2.07. The second kappa shape index (κ2) is 7.53. The van der Waals surface area contributed by atoms with Crippen molar-refractivity contribution in [2.75, 3.05) is 6.54 Å². The highest BCUT2D eigenvalue weighted by molar-refractivity contribution is 5.94. The van der Waals surface area contributed by atoms with Crippen molar-refractivity contribution in [1.82, 2.24) is 19.9 Å². The average Bonchev–Trinajstić information content (AvgIpc) is 2.86. The first-order valence-electron chi connectivity index (χ1n) is 7.39. The number of nitrogens with one attached hydrogen (secondary N) is 1. The number of unbranched alkanes of at least 4 members (excludes halogenated alkanes) is 3. The summed E-state index contributed by atoms with van der Waals surface area (Å²) in [4.78, 5) is 22.4. The molecule has 2 aromatic heterocycles. The maximum atomic E-state index is 12.1. The molecule has 7 heteroatoms. The zero-order valence-electron chi connectivity index (χ0n) is 12.6. The topological polar surface area (TPSA) is 96.6 Å². The van der Waals surface area contributed by atoms with Gasteiger partial charge >= 0.3 is 5.97 Å². The predicted molar refractivity (Wildman–Crippen MR) is 80.8 cm³/mol. The number of aliphatic carboxylic acids is 1. The summed E-state index contributed by atoms with van der Waals surface area (Å²) in [5, 5.41) is 19.3. The number of pyridine rings is 1. The Morgan fingerprint density at radius 3 is 2.73 bits per heavy atom. The zero-order valence-corrected chi connectivity index (χ0v) is 12.6. The molecule has 0 atom stereocenters. The van der Waals surface area contributed by atoms with Crippen molar-refractivity contribution < 1.29 is 14.7 Å². The number of carbonyl (C=O) groups excluding carboxylic acids is 1. The molecule has 0 aliphatic heterocycles. The number of hydrogen-bond acceptors (Lipinski definition) is 4. The first kappa shape index (κ1) is 15.9. The molecule has 0 aliphatic rings. The van der Waals surface area contributed by atoms with Gasteiger partial charge in [-0.3, -0.25) is 14.0 Å². The third-order valence-corrected chi connectivity index (χ3v) is 3.44. The van der Waals surface area contributed by atoms with Crippen LogP contribution in [0, 0.1) is 6.92 Å². The Hall–Kier alpha value is -2.44. The van der Waals surface area contributed by atoms with E-state index in [-0.39, 0.29) is 12.3 Å². The molecule has 7 nitrogen and oxygen atoms in total. The lowest BCUT2D eigenvalue weighted by Crippen LogP contribution is -2.24. The SMILES string of the molecule is Cc1nnc2ccc(C(=O)NCCCCCCC(=O)O)cn12. The molecule has 0 bridgehead atoms. The summed E-state index contributed by atoms with van der Waals surface area (Å²) in [5.41, 5.74) is 1.29. The highest BCUT2D eigenvalue weighted by atomic mass is 16.4. The van der Waals surface area contributed by atoms with Gasteiger partial charge in [0.1, 0.15) is 5.82 Å². The van der Waals surface area contributed by atoms with Gasteiger partial charge in [0, 0.05) is 19.2 Å². The first-order chi connectivity index (χ1) is 10.6. The Bertz CT molecular complexity index is 666. The summed E-state index contributed by atoms with van der Waals surface area (Å²) >= 11 is 0. The molecule has 0 fully saturated rings. The van der Waals surface area contributed by atoms with Gasteiger partial charge in [0.15, 0.2) is 5.65 Å². The van der Waals surface area contributed by atoms with Crippen molar-refractivity contribution in [3.8, 4) is 0 Å². The van der Waals surface area contributed by atoms with Crippen molar-refractivity contribution in [3.05, 3.63) is 29.7 Å². The number of aromatic nitrogens is 3. The van der Waals surface area contributed by atoms with Crippen molar-refractivity contribution in [3.63, 3.8) is 0 Å². The van der Waals surface area contributed by atoms with E-state index in [0.717, 1.165) is 25.1 Å². The molecular formula is C15H20N4O3. The number of carboxylic acid groups (broad SMARTS) is 1. The standard InChI is InChI=1S/C15H20N4O3/c1-11-17-18-13-8-7-12(10-19(11)13)15(22)16-9-5-3-2-4-6-14(20)21/h7-8,10H,2-6,9H2,1H3,(H,16,22)(H,20,21). The molecule has 0 radical (unpaired) electrons. The number of fused-ring (bicyclic) bond motifs is 1. The Morgan fingerprint density at radius 1 is 1.18 bits per heavy atom. The van der Waals surface area contributed by atoms with Crippen LogP contribution in [0.25, 0.3) is 5.65 Å². The van der Waals surface area contributed by atoms with Gasteiger partial charge in [0.05, 0.1) is 5.56 Å². The van der Waals surface area contributed by atoms with E-state index in [2.05, 4.69) is 15.5 Å². The fraction of sp³-hybridized carbons (Fsp3) is 0.467. The molecular weight excluding hydrogens is 284 g/mol. The number of rotatable bonds is 8. The number of amides is 1. The predicted octanol–water partition coefficient (Wildman–Crippen LogP) is 1.80. The van der Waals surface area contributed by atoms with E-state index in [1.165, 1.54) is 0 Å². The molecule has 0 aliphatic carbocycles. The van der Waals surface area contributed by atoms with Crippen LogP contribution in [-0.4, -0.2) is 38.1 Å². The first-order valence-corrected chi connectivity index (χ1v) is 7.39. The molecule has 2 rings (SSSR count). The maximum Gasteiger partial charge on any atom is 0.303 e. The fourth-order valence-corrected chi connectivity index (χ4v) is 2.20. The molecule has 0 saturated carbocycles. The molecule has 0 unspecified atom stereocenters. The second-order valence-electron chi connectivity index (χ2n) is 5.21. The van der Waals surface area contributed by atoms with Gasteiger partial charge in [-0.25, -0.2) is 0 Å². The monoisotopic (exact) mass is 304 g/mol. The van der Waals surface area contributed by atoms with Crippen molar-refractivity contribution >= 4 is 17.5 Å². The lowest BCUT2D eigenvalue weighted by Gasteiger charge is -2.06. The summed E-state index contributed by atoms with van der Waals surface area (Å²) in [6, 6.07) is 3.49. The molecule has 118 valence electrons. The second-order valence-corrected chi connectivity index (χ2v) is 5.21. The Labute approximate surface area is 128 Å². The summed E-state index contributed by atoms with van der Waals surface area (Å²) in [5.74, 6) is -0.142. The highest BCUT2D eigenvalue weighted by Gasteiger charge is 2.08. The largest absolute Gasteiger partial charge is 0.481 e. The van der Waals surface area contributed by atoms with E-state index >= 15 is 0 Å². The van der Waals surface area contributed by atoms with Crippen molar-refractivity contribution in [2.24, 2.45) is 0 Å². The third kappa shape index (κ3) is 4.28. The van der Waals surface area contributed by atoms with Gasteiger partial charge in [-0.15, -0.1) is 10.2 Å². The van der Waals surface area contributed by atoms with E-state index in [4.69, 9.17) is 5.11 Å². The van der Waals surface area contributed by atoms with Crippen LogP contribution >= 0.6 is 0 Å². The van der Waals surface area contributed by atoms with Crippen molar-refractivity contribution in [2.45, 2.75) is 39.0 Å². The van der Waals surface area contributed by atoms with E-state index in [9.17, 15) is 9.59 Å². The van der Waals surface area contributed by atoms with E-state index < -0.39 is 5.97 Å². The Morgan fingerprint density at radius 2 is 1.95 bits per heavy atom. The van der Waals surface area contributed by atoms with Crippen LogP contribution in [-0.2, 0) is 4.79 Å². The number of nitrogens with zero attached hydrogens (tertiary/aromatic N) is 3. The lowest BCUT2D eigenvalue weighted by molar-refractivity contribution is -0.137. The minimum Gasteiger partial charge on any atom is -0.481 e. The van der Waals surface area contributed by atoms with Gasteiger partial charge in [0.25, 0.3) is 5.91 Å². The van der Waals surface area contributed by atoms with Crippen LogP contribution in [0.3, 0.4) is 0 Å². The van der Waals surface area contributed by atoms with Gasteiger partial charge in [-0.2, -0.15) is 0 Å². The molecule has 2 N–H and O–H groups in total. The van der Waals surface area contributed by atoms with Gasteiger partial charge < -0.3 is 10.4 Å². The summed E-state index contributed by atoms with van der Waals surface area (Å²) < 4.78 is 1.78. The normalized spacial score (nSPS) is 10.8. The fourth-order valence-electron chi connectivity index (χ4n) is 2.20. The van der Waals surface area contributed by atoms with Crippen LogP contribution < -0.4 is 5.32 Å². The molecule has 2 heterocycles. The van der Waals surface area contributed by atoms with E-state index in [1.54, 1.807) is 22.7 Å². The van der Waals surface area contributed by atoms with E-state index in [0.29, 0.717) is 24.2 Å². The molecule has 22 heavy (non-hydrogen) atoms. The average molecular weight is 304 g/mol. The lowest BCUT2D eigenvalue weighted by atomic mass is 10.1.